The van der Waals surface area contributed by atoms with Gasteiger partial charge < -0.3 is 10.2 Å². The minimum absolute atomic E-state index is 0.415. The second-order valence-corrected chi connectivity index (χ2v) is 3.26. The molecule has 0 bridgehead atoms. The topological polar surface area (TPSA) is 70.4 Å². The number of aromatic nitrogens is 1. The Bertz CT molecular complexity index is 575. The average Bonchev–Trinajstić information content (AvgIpc) is 2.28. The molecule has 0 atom stereocenters. The van der Waals surface area contributed by atoms with Crippen molar-refractivity contribution in [1.29, 1.82) is 0 Å². The van der Waals surface area contributed by atoms with Crippen molar-refractivity contribution in [3.8, 4) is 0 Å². The maximum Gasteiger partial charge on any atom is 0.371 e. The van der Waals surface area contributed by atoms with Crippen LogP contribution in [0.25, 0.3) is 17.0 Å². The van der Waals surface area contributed by atoms with Gasteiger partial charge in [0.2, 0.25) is 5.76 Å². The molecule has 0 aliphatic carbocycles. The Labute approximate surface area is 91.5 Å². The smallest absolute Gasteiger partial charge is 0.371 e. The van der Waals surface area contributed by atoms with Crippen LogP contribution >= 0.6 is 0 Å². The fourth-order valence-electron chi connectivity index (χ4n) is 1.36. The number of fused-ring (bicyclic) bond motifs is 1. The fraction of sp³-hybridized carbons (Fsp3) is 0. The minimum atomic E-state index is -1.37. The first-order chi connectivity index (χ1) is 7.66. The number of rotatable bonds is 2. The molecule has 0 saturated carbocycles. The van der Waals surface area contributed by atoms with E-state index in [9.17, 15) is 4.79 Å². The first-order valence-corrected chi connectivity index (χ1v) is 4.66. The molecule has 0 aliphatic rings. The van der Waals surface area contributed by atoms with E-state index in [0.717, 1.165) is 17.0 Å². The number of pyridine rings is 1. The first kappa shape index (κ1) is 10.2. The van der Waals surface area contributed by atoms with Crippen LogP contribution in [0.5, 0.6) is 0 Å². The zero-order chi connectivity index (χ0) is 11.5. The van der Waals surface area contributed by atoms with Crippen LogP contribution in [0.4, 0.5) is 0 Å². The maximum atomic E-state index is 10.4. The lowest BCUT2D eigenvalue weighted by Gasteiger charge is -1.98. The normalized spacial score (nSPS) is 11.6. The Morgan fingerprint density at radius 2 is 1.88 bits per heavy atom. The van der Waals surface area contributed by atoms with Gasteiger partial charge in [0, 0.05) is 11.5 Å². The number of aliphatic hydroxyl groups excluding tert-OH is 1. The summed E-state index contributed by atoms with van der Waals surface area (Å²) in [5.41, 5.74) is 1.17. The van der Waals surface area contributed by atoms with E-state index in [1.54, 1.807) is 6.07 Å². The molecule has 1 aromatic carbocycles. The van der Waals surface area contributed by atoms with Crippen molar-refractivity contribution in [3.05, 3.63) is 47.9 Å². The molecule has 4 nitrogen and oxygen atoms in total. The van der Waals surface area contributed by atoms with Crippen molar-refractivity contribution in [2.75, 3.05) is 0 Å². The number of benzene rings is 1. The molecule has 0 amide bonds. The van der Waals surface area contributed by atoms with Gasteiger partial charge in [0.25, 0.3) is 0 Å². The van der Waals surface area contributed by atoms with E-state index >= 15 is 0 Å². The van der Waals surface area contributed by atoms with Gasteiger partial charge in [0.1, 0.15) is 0 Å². The van der Waals surface area contributed by atoms with E-state index in [2.05, 4.69) is 4.98 Å². The molecule has 4 heteroatoms. The van der Waals surface area contributed by atoms with Gasteiger partial charge >= 0.3 is 5.97 Å². The number of hydrogen-bond donors (Lipinski definition) is 2. The summed E-state index contributed by atoms with van der Waals surface area (Å²) in [6.45, 7) is 0. The predicted molar refractivity (Wildman–Crippen MR) is 60.0 cm³/mol. The van der Waals surface area contributed by atoms with E-state index in [1.807, 2.05) is 30.3 Å². The molecule has 80 valence electrons. The number of carbonyl (C=O) groups is 1. The summed E-state index contributed by atoms with van der Waals surface area (Å²) in [4.78, 5) is 14.6. The van der Waals surface area contributed by atoms with Crippen molar-refractivity contribution in [3.63, 3.8) is 0 Å². The maximum absolute atomic E-state index is 10.4. The van der Waals surface area contributed by atoms with Crippen LogP contribution in [0.2, 0.25) is 0 Å². The van der Waals surface area contributed by atoms with Crippen molar-refractivity contribution in [1.82, 2.24) is 4.98 Å². The zero-order valence-electron chi connectivity index (χ0n) is 8.29. The Morgan fingerprint density at radius 3 is 2.62 bits per heavy atom. The zero-order valence-corrected chi connectivity index (χ0v) is 8.29. The van der Waals surface area contributed by atoms with Gasteiger partial charge in [-0.25, -0.2) is 9.78 Å². The van der Waals surface area contributed by atoms with Gasteiger partial charge in [-0.2, -0.15) is 0 Å². The van der Waals surface area contributed by atoms with Gasteiger partial charge in [-0.1, -0.05) is 24.3 Å². The quantitative estimate of drug-likeness (QED) is 0.595. The number of aliphatic hydroxyl groups is 1. The summed E-state index contributed by atoms with van der Waals surface area (Å²) in [6, 6.07) is 11.0. The Morgan fingerprint density at radius 1 is 1.12 bits per heavy atom. The Balaban J connectivity index is 2.47. The van der Waals surface area contributed by atoms with Crippen LogP contribution < -0.4 is 0 Å². The molecule has 2 aromatic rings. The van der Waals surface area contributed by atoms with Crippen molar-refractivity contribution < 1.29 is 15.0 Å². The Hall–Kier alpha value is -2.36. The van der Waals surface area contributed by atoms with E-state index in [0.29, 0.717) is 5.69 Å². The van der Waals surface area contributed by atoms with Crippen LogP contribution in [0.1, 0.15) is 5.69 Å². The molecule has 0 radical (unpaired) electrons. The second-order valence-electron chi connectivity index (χ2n) is 3.26. The molecule has 1 aromatic heterocycles. The molecule has 0 unspecified atom stereocenters. The lowest BCUT2D eigenvalue weighted by Crippen LogP contribution is -1.98. The minimum Gasteiger partial charge on any atom is -0.502 e. The van der Waals surface area contributed by atoms with Gasteiger partial charge in [-0.05, 0) is 12.1 Å². The number of carboxylic acid groups (broad SMARTS) is 1. The van der Waals surface area contributed by atoms with Crippen LogP contribution in [-0.4, -0.2) is 21.2 Å². The molecular weight excluding hydrogens is 206 g/mol. The van der Waals surface area contributed by atoms with Crippen LogP contribution in [0, 0.1) is 0 Å². The molecule has 16 heavy (non-hydrogen) atoms. The van der Waals surface area contributed by atoms with E-state index < -0.39 is 11.7 Å². The van der Waals surface area contributed by atoms with Crippen molar-refractivity contribution in [2.24, 2.45) is 0 Å². The van der Waals surface area contributed by atoms with E-state index in [1.165, 1.54) is 0 Å². The highest BCUT2D eigenvalue weighted by molar-refractivity contribution is 5.89. The molecular formula is C12H9NO3. The van der Waals surface area contributed by atoms with Gasteiger partial charge in [-0.3, -0.25) is 0 Å². The highest BCUT2D eigenvalue weighted by Gasteiger charge is 2.04. The summed E-state index contributed by atoms with van der Waals surface area (Å²) in [7, 11) is 0. The summed E-state index contributed by atoms with van der Waals surface area (Å²) in [6.07, 6.45) is 1.12. The molecule has 2 rings (SSSR count). The van der Waals surface area contributed by atoms with Crippen LogP contribution in [0.3, 0.4) is 0 Å². The molecule has 0 spiro atoms. The molecule has 2 N–H and O–H groups in total. The molecule has 1 heterocycles. The molecule has 0 aliphatic heterocycles. The van der Waals surface area contributed by atoms with E-state index in [-0.39, 0.29) is 0 Å². The number of carboxylic acids is 1. The van der Waals surface area contributed by atoms with Gasteiger partial charge in [0.05, 0.1) is 11.2 Å². The Kier molecular flexibility index (Phi) is 2.55. The third kappa shape index (κ3) is 2.00. The highest BCUT2D eigenvalue weighted by Crippen LogP contribution is 2.13. The number of aliphatic carboxylic acids is 1. The van der Waals surface area contributed by atoms with Crippen LogP contribution in [-0.2, 0) is 4.79 Å². The monoisotopic (exact) mass is 215 g/mol. The summed E-state index contributed by atoms with van der Waals surface area (Å²) in [5, 5.41) is 18.6. The number of hydrogen-bond acceptors (Lipinski definition) is 3. The third-order valence-electron chi connectivity index (χ3n) is 2.12. The SMILES string of the molecule is O=C(O)C(O)=Cc1ccc2ccccc2n1. The number of nitrogens with zero attached hydrogens (tertiary/aromatic N) is 1. The van der Waals surface area contributed by atoms with E-state index in [4.69, 9.17) is 10.2 Å². The lowest BCUT2D eigenvalue weighted by molar-refractivity contribution is -0.135. The van der Waals surface area contributed by atoms with Gasteiger partial charge in [0.15, 0.2) is 0 Å². The molecule has 0 fully saturated rings. The molecule has 0 saturated heterocycles. The summed E-state index contributed by atoms with van der Waals surface area (Å²) < 4.78 is 0. The first-order valence-electron chi connectivity index (χ1n) is 4.66. The number of para-hydroxylation sites is 1. The highest BCUT2D eigenvalue weighted by atomic mass is 16.4. The second kappa shape index (κ2) is 4.02. The summed E-state index contributed by atoms with van der Waals surface area (Å²) in [5.74, 6) is -2.09. The third-order valence-corrected chi connectivity index (χ3v) is 2.12. The van der Waals surface area contributed by atoms with Crippen LogP contribution in [0.15, 0.2) is 42.2 Å². The standard InChI is InChI=1S/C12H9NO3/c14-11(12(15)16)7-9-6-5-8-3-1-2-4-10(8)13-9/h1-7,14H,(H,15,16). The largest absolute Gasteiger partial charge is 0.502 e. The fourth-order valence-corrected chi connectivity index (χ4v) is 1.36. The predicted octanol–water partition coefficient (Wildman–Crippen LogP) is 2.22. The lowest BCUT2D eigenvalue weighted by atomic mass is 10.2. The van der Waals surface area contributed by atoms with Crippen molar-refractivity contribution >= 4 is 22.9 Å². The van der Waals surface area contributed by atoms with Gasteiger partial charge in [-0.15, -0.1) is 0 Å². The van der Waals surface area contributed by atoms with Crippen molar-refractivity contribution in [2.45, 2.75) is 0 Å². The summed E-state index contributed by atoms with van der Waals surface area (Å²) >= 11 is 0. The average molecular weight is 215 g/mol.